The van der Waals surface area contributed by atoms with Gasteiger partial charge in [0.15, 0.2) is 0 Å². The van der Waals surface area contributed by atoms with Crippen LogP contribution in [0.3, 0.4) is 0 Å². The number of rotatable bonds is 7. The summed E-state index contributed by atoms with van der Waals surface area (Å²) in [6.45, 7) is 4.80. The second-order valence-electron chi connectivity index (χ2n) is 3.47. The number of hydrogen-bond donors (Lipinski definition) is 3. The molecule has 0 spiro atoms. The van der Waals surface area contributed by atoms with Crippen LogP contribution in [0.1, 0.15) is 6.92 Å². The first kappa shape index (κ1) is 12.7. The molecule has 0 amide bonds. The third-order valence-corrected chi connectivity index (χ3v) is 18.6. The molecule has 0 unspecified atom stereocenters. The van der Waals surface area contributed by atoms with Crippen LogP contribution in [-0.2, 0) is 0 Å². The fourth-order valence-electron chi connectivity index (χ4n) is 1.82. The maximum absolute atomic E-state index is 5.62. The van der Waals surface area contributed by atoms with Gasteiger partial charge in [0.25, 0.3) is 0 Å². The van der Waals surface area contributed by atoms with Gasteiger partial charge in [-0.2, -0.15) is 0 Å². The molecule has 3 nitrogen and oxygen atoms in total. The van der Waals surface area contributed by atoms with Gasteiger partial charge in [0.1, 0.15) is 0 Å². The Morgan fingerprint density at radius 2 is 1.17 bits per heavy atom. The van der Waals surface area contributed by atoms with Crippen molar-refractivity contribution in [3.63, 3.8) is 0 Å². The third kappa shape index (κ3) is 4.07. The van der Waals surface area contributed by atoms with Crippen LogP contribution in [0.2, 0.25) is 17.7 Å². The molecule has 0 heterocycles. The van der Waals surface area contributed by atoms with Crippen LogP contribution in [0.5, 0.6) is 0 Å². The molecular formula is C8H23N3Sn. The molecule has 0 fully saturated rings. The van der Waals surface area contributed by atoms with Crippen LogP contribution in [-0.4, -0.2) is 38.0 Å². The molecule has 74 valence electrons. The predicted molar refractivity (Wildman–Crippen MR) is 57.8 cm³/mol. The van der Waals surface area contributed by atoms with E-state index in [1.807, 2.05) is 0 Å². The molecule has 0 saturated carbocycles. The zero-order valence-electron chi connectivity index (χ0n) is 8.18. The SMILES string of the molecule is C[CH2][Sn]([CH2]CN)([CH2]CN)[CH2]CN. The van der Waals surface area contributed by atoms with Crippen molar-refractivity contribution in [1.82, 2.24) is 0 Å². The van der Waals surface area contributed by atoms with E-state index in [4.69, 9.17) is 17.2 Å². The standard InChI is InChI=1S/3C2H6N.C2H5.Sn/c3*1-2-3;1-2;/h3*1-3H2;1H2,2H3;. The minimum absolute atomic E-state index is 0.837. The summed E-state index contributed by atoms with van der Waals surface area (Å²) >= 11 is -1.89. The minimum atomic E-state index is -1.89. The monoisotopic (exact) mass is 281 g/mol. The molecule has 0 aliphatic heterocycles. The molecule has 0 rings (SSSR count). The van der Waals surface area contributed by atoms with Crippen LogP contribution < -0.4 is 17.2 Å². The molecule has 0 aromatic heterocycles. The zero-order valence-corrected chi connectivity index (χ0v) is 11.0. The Hall–Kier alpha value is 0.679. The Morgan fingerprint density at radius 1 is 0.833 bits per heavy atom. The number of hydrogen-bond acceptors (Lipinski definition) is 3. The van der Waals surface area contributed by atoms with E-state index in [0.29, 0.717) is 0 Å². The van der Waals surface area contributed by atoms with Crippen molar-refractivity contribution in [3.05, 3.63) is 0 Å². The first-order valence-electron chi connectivity index (χ1n) is 4.85. The van der Waals surface area contributed by atoms with Gasteiger partial charge in [0.05, 0.1) is 0 Å². The Kier molecular flexibility index (Phi) is 7.52. The normalized spacial score (nSPS) is 12.0. The van der Waals surface area contributed by atoms with Crippen molar-refractivity contribution in [1.29, 1.82) is 0 Å². The van der Waals surface area contributed by atoms with E-state index in [2.05, 4.69) is 6.92 Å². The summed E-state index contributed by atoms with van der Waals surface area (Å²) in [6.07, 6.45) is 0. The second kappa shape index (κ2) is 7.12. The molecule has 6 N–H and O–H groups in total. The first-order valence-corrected chi connectivity index (χ1v) is 12.9. The maximum atomic E-state index is 5.62. The molecule has 0 aromatic carbocycles. The Bertz CT molecular complexity index is 91.5. The molecule has 0 radical (unpaired) electrons. The fraction of sp³-hybridized carbons (Fsp3) is 1.00. The molecule has 0 aliphatic carbocycles. The van der Waals surface area contributed by atoms with E-state index in [0.717, 1.165) is 19.6 Å². The van der Waals surface area contributed by atoms with E-state index < -0.39 is 18.4 Å². The Morgan fingerprint density at radius 3 is 1.33 bits per heavy atom. The summed E-state index contributed by atoms with van der Waals surface area (Å²) in [5.41, 5.74) is 16.9. The van der Waals surface area contributed by atoms with Crippen LogP contribution in [0.15, 0.2) is 0 Å². The van der Waals surface area contributed by atoms with Crippen LogP contribution in [0, 0.1) is 0 Å². The van der Waals surface area contributed by atoms with Crippen molar-refractivity contribution >= 4 is 18.4 Å². The fourth-order valence-corrected chi connectivity index (χ4v) is 12.2. The molecule has 0 aliphatic rings. The van der Waals surface area contributed by atoms with Gasteiger partial charge in [0, 0.05) is 0 Å². The molecule has 0 bridgehead atoms. The summed E-state index contributed by atoms with van der Waals surface area (Å²) in [5, 5.41) is 0. The average molecular weight is 280 g/mol. The third-order valence-electron chi connectivity index (χ3n) is 2.77. The van der Waals surface area contributed by atoms with E-state index in [-0.39, 0.29) is 0 Å². The van der Waals surface area contributed by atoms with E-state index in [1.54, 1.807) is 0 Å². The molecule has 0 atom stereocenters. The van der Waals surface area contributed by atoms with E-state index in [1.165, 1.54) is 17.7 Å². The summed E-state index contributed by atoms with van der Waals surface area (Å²) in [7, 11) is 0. The topological polar surface area (TPSA) is 78.1 Å². The van der Waals surface area contributed by atoms with Crippen LogP contribution in [0.4, 0.5) is 0 Å². The summed E-state index contributed by atoms with van der Waals surface area (Å²) < 4.78 is 5.14. The van der Waals surface area contributed by atoms with Crippen molar-refractivity contribution in [3.8, 4) is 0 Å². The van der Waals surface area contributed by atoms with Gasteiger partial charge in [0.2, 0.25) is 0 Å². The molecule has 4 heteroatoms. The Balaban J connectivity index is 4.06. The predicted octanol–water partition coefficient (Wildman–Crippen LogP) is 0.331. The summed E-state index contributed by atoms with van der Waals surface area (Å²) in [4.78, 5) is 0. The molecular weight excluding hydrogens is 257 g/mol. The van der Waals surface area contributed by atoms with Gasteiger partial charge in [-0.05, 0) is 0 Å². The Labute approximate surface area is 79.9 Å². The van der Waals surface area contributed by atoms with Gasteiger partial charge in [-0.15, -0.1) is 0 Å². The van der Waals surface area contributed by atoms with E-state index in [9.17, 15) is 0 Å². The van der Waals surface area contributed by atoms with Gasteiger partial charge in [-0.1, -0.05) is 0 Å². The van der Waals surface area contributed by atoms with Gasteiger partial charge < -0.3 is 0 Å². The summed E-state index contributed by atoms with van der Waals surface area (Å²) in [6, 6.07) is 0. The first-order chi connectivity index (χ1) is 5.74. The number of nitrogens with two attached hydrogens (primary N) is 3. The van der Waals surface area contributed by atoms with Gasteiger partial charge >= 0.3 is 79.9 Å². The second-order valence-corrected chi connectivity index (χ2v) is 18.3. The molecule has 0 saturated heterocycles. The average Bonchev–Trinajstić information content (AvgIpc) is 2.06. The van der Waals surface area contributed by atoms with Crippen molar-refractivity contribution in [2.24, 2.45) is 17.2 Å². The molecule has 0 aromatic rings. The van der Waals surface area contributed by atoms with Gasteiger partial charge in [-0.3, -0.25) is 0 Å². The van der Waals surface area contributed by atoms with Crippen molar-refractivity contribution in [2.75, 3.05) is 19.6 Å². The quantitative estimate of drug-likeness (QED) is 0.588. The summed E-state index contributed by atoms with van der Waals surface area (Å²) in [5.74, 6) is 0. The van der Waals surface area contributed by atoms with Crippen molar-refractivity contribution < 1.29 is 0 Å². The zero-order chi connectivity index (χ0) is 9.45. The molecule has 12 heavy (non-hydrogen) atoms. The van der Waals surface area contributed by atoms with Crippen molar-refractivity contribution in [2.45, 2.75) is 24.7 Å². The van der Waals surface area contributed by atoms with Crippen LogP contribution >= 0.6 is 0 Å². The van der Waals surface area contributed by atoms with Gasteiger partial charge in [-0.25, -0.2) is 0 Å². The van der Waals surface area contributed by atoms with Crippen LogP contribution in [0.25, 0.3) is 0 Å². The van der Waals surface area contributed by atoms with E-state index >= 15 is 0 Å².